The van der Waals surface area contributed by atoms with Crippen LogP contribution >= 0.6 is 48.0 Å². The van der Waals surface area contributed by atoms with E-state index in [-0.39, 0.29) is 31.4 Å². The number of aliphatic hydroxyl groups is 1. The van der Waals surface area contributed by atoms with Gasteiger partial charge in [0.05, 0.1) is 5.02 Å². The van der Waals surface area contributed by atoms with Crippen LogP contribution in [0.3, 0.4) is 0 Å². The van der Waals surface area contributed by atoms with Crippen LogP contribution < -0.4 is 4.74 Å². The van der Waals surface area contributed by atoms with E-state index in [1.165, 1.54) is 5.56 Å². The number of aliphatic hydroxyl groups excluding tert-OH is 1. The zero-order valence-corrected chi connectivity index (χ0v) is 18.6. The van der Waals surface area contributed by atoms with Gasteiger partial charge in [-0.3, -0.25) is 9.80 Å². The molecule has 1 fully saturated rings. The van der Waals surface area contributed by atoms with Crippen molar-refractivity contribution in [3.63, 3.8) is 0 Å². The van der Waals surface area contributed by atoms with Crippen molar-refractivity contribution in [1.29, 1.82) is 0 Å². The number of benzene rings is 2. The molecule has 2 aromatic carbocycles. The fourth-order valence-electron chi connectivity index (χ4n) is 3.08. The van der Waals surface area contributed by atoms with E-state index >= 15 is 0 Å². The number of ether oxygens (including phenoxy) is 1. The molecular formula is C20H26Cl4N2O2. The first-order chi connectivity index (χ1) is 12.6. The molecular weight excluding hydrogens is 442 g/mol. The maximum atomic E-state index is 10.2. The van der Waals surface area contributed by atoms with Crippen LogP contribution in [0.1, 0.15) is 5.56 Å². The standard InChI is InChI=1S/C20H24Cl2N2O2.2ClH/c21-17-7-5-16(6-8-17)13-23-9-11-24(12-10-23)14-18(25)15-26-20-4-2-1-3-19(20)22;;/h1-8,18,25H,9-15H2;2*1H. The number of piperazine rings is 1. The zero-order chi connectivity index (χ0) is 18.4. The maximum Gasteiger partial charge on any atom is 0.138 e. The number of nitrogens with zero attached hydrogens (tertiary/aromatic N) is 2. The number of β-amino-alcohol motifs (C(OH)–C–C–N with tert-alkyl or cyclic N) is 1. The molecule has 3 rings (SSSR count). The second kappa shape index (κ2) is 12.8. The molecule has 28 heavy (non-hydrogen) atoms. The number of hydrogen-bond acceptors (Lipinski definition) is 4. The molecule has 8 heteroatoms. The van der Waals surface area contributed by atoms with Crippen LogP contribution in [0.5, 0.6) is 5.75 Å². The fraction of sp³-hybridized carbons (Fsp3) is 0.400. The summed E-state index contributed by atoms with van der Waals surface area (Å²) in [6.07, 6.45) is -0.533. The van der Waals surface area contributed by atoms with Gasteiger partial charge >= 0.3 is 0 Å². The molecule has 0 aliphatic carbocycles. The first kappa shape index (κ1) is 25.3. The molecule has 1 unspecified atom stereocenters. The summed E-state index contributed by atoms with van der Waals surface area (Å²) < 4.78 is 5.62. The Balaban J connectivity index is 0.00000196. The van der Waals surface area contributed by atoms with Crippen LogP contribution in [-0.4, -0.2) is 60.3 Å². The lowest BCUT2D eigenvalue weighted by Crippen LogP contribution is -2.48. The number of para-hydroxylation sites is 1. The SMILES string of the molecule is Cl.Cl.OC(COc1ccccc1Cl)CN1CCN(Cc2ccc(Cl)cc2)CC1. The van der Waals surface area contributed by atoms with Crippen molar-refractivity contribution in [2.24, 2.45) is 0 Å². The first-order valence-corrected chi connectivity index (χ1v) is 9.60. The van der Waals surface area contributed by atoms with Gasteiger partial charge in [0.1, 0.15) is 18.5 Å². The van der Waals surface area contributed by atoms with Gasteiger partial charge in [0.15, 0.2) is 0 Å². The smallest absolute Gasteiger partial charge is 0.138 e. The van der Waals surface area contributed by atoms with Gasteiger partial charge in [-0.25, -0.2) is 0 Å². The number of rotatable bonds is 7. The topological polar surface area (TPSA) is 35.9 Å². The van der Waals surface area contributed by atoms with Gasteiger partial charge in [0.25, 0.3) is 0 Å². The van der Waals surface area contributed by atoms with Crippen molar-refractivity contribution in [1.82, 2.24) is 9.80 Å². The van der Waals surface area contributed by atoms with Crippen LogP contribution in [0.4, 0.5) is 0 Å². The minimum atomic E-state index is -0.533. The molecule has 1 saturated heterocycles. The molecule has 1 N–H and O–H groups in total. The Morgan fingerprint density at radius 2 is 1.50 bits per heavy atom. The number of hydrogen-bond donors (Lipinski definition) is 1. The third-order valence-corrected chi connectivity index (χ3v) is 5.09. The predicted octanol–water partition coefficient (Wildman–Crippen LogP) is 4.39. The second-order valence-electron chi connectivity index (χ2n) is 6.60. The van der Waals surface area contributed by atoms with E-state index in [1.807, 2.05) is 30.3 Å². The quantitative estimate of drug-likeness (QED) is 0.654. The third-order valence-electron chi connectivity index (χ3n) is 4.52. The molecule has 4 nitrogen and oxygen atoms in total. The summed E-state index contributed by atoms with van der Waals surface area (Å²) in [6.45, 7) is 5.64. The van der Waals surface area contributed by atoms with Crippen LogP contribution in [-0.2, 0) is 6.54 Å². The van der Waals surface area contributed by atoms with Gasteiger partial charge in [0.2, 0.25) is 0 Å². The van der Waals surface area contributed by atoms with E-state index in [2.05, 4.69) is 21.9 Å². The van der Waals surface area contributed by atoms with Gasteiger partial charge in [-0.1, -0.05) is 47.5 Å². The minimum Gasteiger partial charge on any atom is -0.489 e. The maximum absolute atomic E-state index is 10.2. The number of halogens is 4. The Hall–Kier alpha value is -0.720. The van der Waals surface area contributed by atoms with Crippen molar-refractivity contribution in [2.45, 2.75) is 12.6 Å². The molecule has 1 heterocycles. The molecule has 0 saturated carbocycles. The Morgan fingerprint density at radius 1 is 0.893 bits per heavy atom. The summed E-state index contributed by atoms with van der Waals surface area (Å²) in [7, 11) is 0. The van der Waals surface area contributed by atoms with Gasteiger partial charge in [0, 0.05) is 44.3 Å². The second-order valence-corrected chi connectivity index (χ2v) is 7.44. The Bertz CT molecular complexity index is 695. The van der Waals surface area contributed by atoms with Crippen LogP contribution in [0.15, 0.2) is 48.5 Å². The highest BCUT2D eigenvalue weighted by molar-refractivity contribution is 6.32. The largest absolute Gasteiger partial charge is 0.489 e. The third kappa shape index (κ3) is 7.96. The van der Waals surface area contributed by atoms with Crippen molar-refractivity contribution in [2.75, 3.05) is 39.3 Å². The molecule has 0 radical (unpaired) electrons. The Morgan fingerprint density at radius 3 is 2.14 bits per heavy atom. The molecule has 0 spiro atoms. The highest BCUT2D eigenvalue weighted by Crippen LogP contribution is 2.23. The van der Waals surface area contributed by atoms with E-state index < -0.39 is 6.10 Å². The van der Waals surface area contributed by atoms with E-state index in [9.17, 15) is 5.11 Å². The summed E-state index contributed by atoms with van der Waals surface area (Å²) in [5, 5.41) is 11.6. The first-order valence-electron chi connectivity index (χ1n) is 8.85. The fourth-order valence-corrected chi connectivity index (χ4v) is 3.39. The molecule has 1 aliphatic heterocycles. The van der Waals surface area contributed by atoms with E-state index in [0.717, 1.165) is 37.7 Å². The van der Waals surface area contributed by atoms with Crippen molar-refractivity contribution >= 4 is 48.0 Å². The summed E-state index contributed by atoms with van der Waals surface area (Å²) in [5.41, 5.74) is 1.27. The zero-order valence-electron chi connectivity index (χ0n) is 15.5. The van der Waals surface area contributed by atoms with Crippen molar-refractivity contribution < 1.29 is 9.84 Å². The van der Waals surface area contributed by atoms with Crippen LogP contribution in [0.25, 0.3) is 0 Å². The van der Waals surface area contributed by atoms with E-state index in [1.54, 1.807) is 6.07 Å². The summed E-state index contributed by atoms with van der Waals surface area (Å²) in [6, 6.07) is 15.3. The molecule has 0 aromatic heterocycles. The highest BCUT2D eigenvalue weighted by Gasteiger charge is 2.19. The molecule has 1 atom stereocenters. The Labute approximate surface area is 189 Å². The van der Waals surface area contributed by atoms with Crippen molar-refractivity contribution in [3.8, 4) is 5.75 Å². The monoisotopic (exact) mass is 466 g/mol. The summed E-state index contributed by atoms with van der Waals surface area (Å²) in [5.74, 6) is 0.612. The van der Waals surface area contributed by atoms with Crippen LogP contribution in [0, 0.1) is 0 Å². The minimum absolute atomic E-state index is 0. The van der Waals surface area contributed by atoms with Gasteiger partial charge in [-0.15, -0.1) is 24.8 Å². The molecule has 2 aromatic rings. The van der Waals surface area contributed by atoms with Crippen LogP contribution in [0.2, 0.25) is 10.0 Å². The molecule has 1 aliphatic rings. The lowest BCUT2D eigenvalue weighted by molar-refractivity contribution is 0.0446. The van der Waals surface area contributed by atoms with Gasteiger partial charge in [-0.2, -0.15) is 0 Å². The lowest BCUT2D eigenvalue weighted by Gasteiger charge is -2.35. The average Bonchev–Trinajstić information content (AvgIpc) is 2.64. The van der Waals surface area contributed by atoms with Gasteiger partial charge in [-0.05, 0) is 29.8 Å². The highest BCUT2D eigenvalue weighted by atomic mass is 35.5. The normalized spacial score (nSPS) is 16.0. The van der Waals surface area contributed by atoms with E-state index in [4.69, 9.17) is 27.9 Å². The Kier molecular flexibility index (Phi) is 11.5. The molecule has 0 bridgehead atoms. The van der Waals surface area contributed by atoms with Crippen molar-refractivity contribution in [3.05, 3.63) is 64.1 Å². The van der Waals surface area contributed by atoms with E-state index in [0.29, 0.717) is 17.3 Å². The lowest BCUT2D eigenvalue weighted by atomic mass is 10.2. The summed E-state index contributed by atoms with van der Waals surface area (Å²) >= 11 is 12.0. The average molecular weight is 468 g/mol. The summed E-state index contributed by atoms with van der Waals surface area (Å²) in [4.78, 5) is 4.70. The molecule has 0 amide bonds. The van der Waals surface area contributed by atoms with Gasteiger partial charge < -0.3 is 9.84 Å². The predicted molar refractivity (Wildman–Crippen MR) is 121 cm³/mol. The molecule has 156 valence electrons.